The molecule has 0 aromatic carbocycles. The molecule has 0 aromatic heterocycles. The maximum atomic E-state index is 3.26. The van der Waals surface area contributed by atoms with Crippen molar-refractivity contribution in [2.24, 2.45) is 5.92 Å². The molecule has 0 nitrogen and oxygen atoms in total. The Morgan fingerprint density at radius 1 is 1.33 bits per heavy atom. The molecule has 1 radical (unpaired) electrons. The van der Waals surface area contributed by atoms with Gasteiger partial charge in [0.05, 0.1) is 0 Å². The molecule has 3 heteroatoms. The Morgan fingerprint density at radius 3 is 2.00 bits per heavy atom. The number of halogens is 2. The smallest absolute Gasteiger partial charge is 1.00 e. The van der Waals surface area contributed by atoms with Crippen molar-refractivity contribution in [1.29, 1.82) is 0 Å². The molecule has 0 aromatic rings. The number of hydrogen-bond donors (Lipinski definition) is 0. The molecule has 0 saturated heterocycles. The van der Waals surface area contributed by atoms with Crippen LogP contribution in [0, 0.1) is 12.0 Å². The van der Waals surface area contributed by atoms with Crippen molar-refractivity contribution >= 4 is 0 Å². The van der Waals surface area contributed by atoms with Gasteiger partial charge in [-0.15, -0.1) is 6.92 Å². The first-order valence-corrected chi connectivity index (χ1v) is 3.49. The van der Waals surface area contributed by atoms with E-state index in [1.54, 1.807) is 0 Å². The molecule has 0 unspecified atom stereocenters. The molecular weight excluding hydrogens is 227 g/mol. The SMILES string of the molecule is CC1=C(C(C)C)[C-]=CC1.[Cl-].[Cl-].[Ti+3]. The minimum Gasteiger partial charge on any atom is -1.00 e. The summed E-state index contributed by atoms with van der Waals surface area (Å²) in [6, 6.07) is 0. The Bertz CT molecular complexity index is 171. The van der Waals surface area contributed by atoms with Crippen LogP contribution in [0.15, 0.2) is 17.2 Å². The molecule has 0 atom stereocenters. The zero-order valence-corrected chi connectivity index (χ0v) is 10.7. The van der Waals surface area contributed by atoms with Gasteiger partial charge in [0.25, 0.3) is 0 Å². The summed E-state index contributed by atoms with van der Waals surface area (Å²) >= 11 is 0. The number of rotatable bonds is 1. The van der Waals surface area contributed by atoms with E-state index in [0.29, 0.717) is 5.92 Å². The molecule has 12 heavy (non-hydrogen) atoms. The van der Waals surface area contributed by atoms with Gasteiger partial charge in [0, 0.05) is 0 Å². The summed E-state index contributed by atoms with van der Waals surface area (Å²) < 4.78 is 0. The van der Waals surface area contributed by atoms with Crippen molar-refractivity contribution < 1.29 is 46.5 Å². The van der Waals surface area contributed by atoms with Gasteiger partial charge in [0.1, 0.15) is 0 Å². The van der Waals surface area contributed by atoms with Crippen molar-refractivity contribution in [2.75, 3.05) is 0 Å². The van der Waals surface area contributed by atoms with Crippen molar-refractivity contribution in [2.45, 2.75) is 27.2 Å². The van der Waals surface area contributed by atoms with Gasteiger partial charge in [0.2, 0.25) is 0 Å². The Labute approximate surface area is 103 Å². The first kappa shape index (κ1) is 18.5. The molecule has 0 fully saturated rings. The Balaban J connectivity index is -0.000000270. The summed E-state index contributed by atoms with van der Waals surface area (Å²) in [4.78, 5) is 0. The van der Waals surface area contributed by atoms with Crippen molar-refractivity contribution in [1.82, 2.24) is 0 Å². The molecule has 67 valence electrons. The van der Waals surface area contributed by atoms with Gasteiger partial charge in [-0.25, -0.2) is 11.1 Å². The second kappa shape index (κ2) is 8.38. The number of allylic oxidation sites excluding steroid dienone is 4. The molecule has 0 spiro atoms. The molecule has 0 aliphatic heterocycles. The Hall–Kier alpha value is 0.774. The first-order valence-electron chi connectivity index (χ1n) is 3.49. The van der Waals surface area contributed by atoms with E-state index in [-0.39, 0.29) is 46.5 Å². The molecule has 1 aliphatic rings. The molecule has 1 rings (SSSR count). The average molecular weight is 240 g/mol. The van der Waals surface area contributed by atoms with Gasteiger partial charge < -0.3 is 24.8 Å². The van der Waals surface area contributed by atoms with Crippen molar-refractivity contribution in [3.63, 3.8) is 0 Å². The van der Waals surface area contributed by atoms with Gasteiger partial charge in [-0.05, 0) is 0 Å². The van der Waals surface area contributed by atoms with Crippen LogP contribution in [0.25, 0.3) is 0 Å². The van der Waals surface area contributed by atoms with Gasteiger partial charge in [0.15, 0.2) is 0 Å². The maximum Gasteiger partial charge on any atom is 3.00 e. The summed E-state index contributed by atoms with van der Waals surface area (Å²) in [5, 5.41) is 0. The minimum atomic E-state index is 0. The van der Waals surface area contributed by atoms with E-state index in [9.17, 15) is 0 Å². The van der Waals surface area contributed by atoms with Crippen molar-refractivity contribution in [3.8, 4) is 0 Å². The molecule has 0 N–H and O–H groups in total. The minimum absolute atomic E-state index is 0. The third-order valence-corrected chi connectivity index (χ3v) is 1.70. The Kier molecular flexibility index (Phi) is 12.9. The zero-order chi connectivity index (χ0) is 6.85. The van der Waals surface area contributed by atoms with E-state index >= 15 is 0 Å². The molecule has 0 amide bonds. The van der Waals surface area contributed by atoms with E-state index < -0.39 is 0 Å². The monoisotopic (exact) mass is 239 g/mol. The standard InChI is InChI=1S/C9H13.2ClH.Ti/c1-7(2)9-6-4-5-8(9)3;;;/h4,7H,5H2,1-3H3;2*1H;/q-1;;;+3/p-2. The van der Waals surface area contributed by atoms with Gasteiger partial charge in [-0.1, -0.05) is 26.2 Å². The molecule has 0 heterocycles. The van der Waals surface area contributed by atoms with E-state index in [1.165, 1.54) is 11.1 Å². The topological polar surface area (TPSA) is 0 Å². The average Bonchev–Trinajstić information content (AvgIpc) is 2.13. The summed E-state index contributed by atoms with van der Waals surface area (Å²) in [6.07, 6.45) is 6.49. The second-order valence-electron chi connectivity index (χ2n) is 2.90. The van der Waals surface area contributed by atoms with Gasteiger partial charge >= 0.3 is 21.7 Å². The van der Waals surface area contributed by atoms with Crippen LogP contribution in [0.1, 0.15) is 27.2 Å². The fourth-order valence-corrected chi connectivity index (χ4v) is 1.21. The van der Waals surface area contributed by atoms with Gasteiger partial charge in [-0.3, -0.25) is 6.08 Å². The van der Waals surface area contributed by atoms with E-state index in [1.807, 2.05) is 0 Å². The van der Waals surface area contributed by atoms with Crippen LogP contribution in [0.3, 0.4) is 0 Å². The molecule has 0 bridgehead atoms. The summed E-state index contributed by atoms with van der Waals surface area (Å²) in [5.41, 5.74) is 2.90. The van der Waals surface area contributed by atoms with Crippen LogP contribution in [0.4, 0.5) is 0 Å². The van der Waals surface area contributed by atoms with Crippen LogP contribution in [-0.4, -0.2) is 0 Å². The van der Waals surface area contributed by atoms with E-state index in [4.69, 9.17) is 0 Å². The van der Waals surface area contributed by atoms with Crippen LogP contribution < -0.4 is 24.8 Å². The maximum absolute atomic E-state index is 3.26. The van der Waals surface area contributed by atoms with Crippen LogP contribution in [0.5, 0.6) is 0 Å². The zero-order valence-electron chi connectivity index (χ0n) is 7.62. The molecule has 0 saturated carbocycles. The van der Waals surface area contributed by atoms with Crippen LogP contribution in [-0.2, 0) is 21.7 Å². The van der Waals surface area contributed by atoms with E-state index in [2.05, 4.69) is 32.9 Å². The van der Waals surface area contributed by atoms with Gasteiger partial charge in [-0.2, -0.15) is 6.08 Å². The fraction of sp³-hybridized carbons (Fsp3) is 0.556. The largest absolute Gasteiger partial charge is 3.00 e. The number of hydrogen-bond acceptors (Lipinski definition) is 0. The summed E-state index contributed by atoms with van der Waals surface area (Å²) in [5.74, 6) is 0.656. The van der Waals surface area contributed by atoms with E-state index in [0.717, 1.165) is 6.42 Å². The second-order valence-corrected chi connectivity index (χ2v) is 2.90. The normalized spacial score (nSPS) is 13.7. The Morgan fingerprint density at radius 2 is 1.83 bits per heavy atom. The first-order chi connectivity index (χ1) is 4.22. The van der Waals surface area contributed by atoms with Crippen molar-refractivity contribution in [3.05, 3.63) is 23.3 Å². The molecular formula is C9H13Cl2Ti. The third-order valence-electron chi connectivity index (χ3n) is 1.70. The fourth-order valence-electron chi connectivity index (χ4n) is 1.21. The quantitative estimate of drug-likeness (QED) is 0.333. The summed E-state index contributed by atoms with van der Waals surface area (Å²) in [6.45, 7) is 6.61. The van der Waals surface area contributed by atoms with Crippen LogP contribution in [0.2, 0.25) is 0 Å². The third kappa shape index (κ3) is 4.72. The predicted octanol–water partition coefficient (Wildman–Crippen LogP) is -3.27. The summed E-state index contributed by atoms with van der Waals surface area (Å²) in [7, 11) is 0. The predicted molar refractivity (Wildman–Crippen MR) is 40.0 cm³/mol. The molecule has 1 aliphatic carbocycles. The van der Waals surface area contributed by atoms with Crippen LogP contribution >= 0.6 is 0 Å².